The maximum absolute atomic E-state index is 8.12. The zero-order valence-corrected chi connectivity index (χ0v) is 6.80. The van der Waals surface area contributed by atoms with Gasteiger partial charge in [0.05, 0.1) is 19.1 Å². The molecular weight excluding hydrogens is 151 g/mol. The van der Waals surface area contributed by atoms with E-state index in [0.717, 1.165) is 0 Å². The van der Waals surface area contributed by atoms with Crippen molar-refractivity contribution in [3.05, 3.63) is 0 Å². The molecule has 0 spiro atoms. The molecule has 0 aliphatic rings. The Hall–Kier alpha value is -0.200. The van der Waals surface area contributed by atoms with Gasteiger partial charge in [-0.05, 0) is 0 Å². The zero-order chi connectivity index (χ0) is 7.82. The van der Waals surface area contributed by atoms with Crippen molar-refractivity contribution in [2.24, 2.45) is 5.73 Å². The molecule has 0 saturated carbocycles. The van der Waals surface area contributed by atoms with Crippen molar-refractivity contribution in [3.63, 3.8) is 0 Å². The molecule has 0 aliphatic heterocycles. The second kappa shape index (κ2) is 6.91. The maximum Gasteiger partial charge on any atom is 0.168 e. The highest BCUT2D eigenvalue weighted by Gasteiger charge is 1.99. The third kappa shape index (κ3) is 5.93. The maximum atomic E-state index is 8.12. The highest BCUT2D eigenvalue weighted by Crippen LogP contribution is 2.32. The normalized spacial score (nSPS) is 12.5. The van der Waals surface area contributed by atoms with Crippen LogP contribution in [0.5, 0.6) is 0 Å². The van der Waals surface area contributed by atoms with Crippen molar-refractivity contribution in [1.82, 2.24) is 0 Å². The van der Waals surface area contributed by atoms with Gasteiger partial charge in [0.15, 0.2) is 8.38 Å². The second-order valence-electron chi connectivity index (χ2n) is 1.48. The van der Waals surface area contributed by atoms with Crippen molar-refractivity contribution in [2.75, 3.05) is 20.0 Å². The van der Waals surface area contributed by atoms with Crippen LogP contribution in [0, 0.1) is 11.3 Å². The van der Waals surface area contributed by atoms with Gasteiger partial charge in [0.25, 0.3) is 0 Å². The summed E-state index contributed by atoms with van der Waals surface area (Å²) in [5.41, 5.74) is 5.08. The van der Waals surface area contributed by atoms with Crippen molar-refractivity contribution in [2.45, 2.75) is 6.42 Å². The first kappa shape index (κ1) is 9.80. The standard InChI is InChI=1S/C5H11N2O2P/c1-10(9-5-7)8-4-2-3-6/h2,4-5,7H2,1H3. The lowest BCUT2D eigenvalue weighted by Gasteiger charge is -2.08. The monoisotopic (exact) mass is 162 g/mol. The predicted octanol–water partition coefficient (Wildman–Crippen LogP) is 0.791. The Balaban J connectivity index is 3.06. The third-order valence-electron chi connectivity index (χ3n) is 0.743. The molecule has 0 aliphatic carbocycles. The molecule has 0 bridgehead atoms. The first-order valence-electron chi connectivity index (χ1n) is 2.88. The van der Waals surface area contributed by atoms with E-state index in [9.17, 15) is 0 Å². The molecule has 0 aromatic rings. The molecule has 2 N–H and O–H groups in total. The fraction of sp³-hybridized carbons (Fsp3) is 0.800. The van der Waals surface area contributed by atoms with E-state index >= 15 is 0 Å². The zero-order valence-electron chi connectivity index (χ0n) is 5.91. The van der Waals surface area contributed by atoms with Gasteiger partial charge in [-0.15, -0.1) is 0 Å². The number of hydrogen-bond donors (Lipinski definition) is 1. The largest absolute Gasteiger partial charge is 0.333 e. The van der Waals surface area contributed by atoms with Crippen LogP contribution in [0.2, 0.25) is 0 Å². The molecule has 0 amide bonds. The predicted molar refractivity (Wildman–Crippen MR) is 39.2 cm³/mol. The lowest BCUT2D eigenvalue weighted by molar-refractivity contribution is 0.263. The molecule has 10 heavy (non-hydrogen) atoms. The Morgan fingerprint density at radius 1 is 1.60 bits per heavy atom. The summed E-state index contributed by atoms with van der Waals surface area (Å²) < 4.78 is 9.96. The molecule has 5 heteroatoms. The number of nitriles is 1. The first-order valence-corrected chi connectivity index (χ1v) is 4.50. The summed E-state index contributed by atoms with van der Waals surface area (Å²) in [6.45, 7) is 2.41. The average Bonchev–Trinajstić information content (AvgIpc) is 1.89. The Labute approximate surface area is 61.8 Å². The third-order valence-corrected chi connectivity index (χ3v) is 1.80. The lowest BCUT2D eigenvalue weighted by Crippen LogP contribution is -2.01. The van der Waals surface area contributed by atoms with E-state index < -0.39 is 8.38 Å². The Morgan fingerprint density at radius 3 is 2.80 bits per heavy atom. The average molecular weight is 162 g/mol. The molecule has 0 aromatic carbocycles. The van der Waals surface area contributed by atoms with Gasteiger partial charge in [-0.2, -0.15) is 5.26 Å². The van der Waals surface area contributed by atoms with Crippen molar-refractivity contribution >= 4 is 8.38 Å². The highest BCUT2D eigenvalue weighted by molar-refractivity contribution is 7.46. The summed E-state index contributed by atoms with van der Waals surface area (Å²) in [5, 5.41) is 8.12. The molecule has 0 radical (unpaired) electrons. The SMILES string of the molecule is CP(OCN)OCCC#N. The van der Waals surface area contributed by atoms with Gasteiger partial charge in [0.2, 0.25) is 0 Å². The van der Waals surface area contributed by atoms with Crippen LogP contribution in [0.25, 0.3) is 0 Å². The Kier molecular flexibility index (Phi) is 6.78. The van der Waals surface area contributed by atoms with Crippen molar-refractivity contribution in [3.8, 4) is 6.07 Å². The Bertz CT molecular complexity index is 115. The minimum absolute atomic E-state index is 0.175. The fourth-order valence-electron chi connectivity index (χ4n) is 0.362. The molecule has 1 unspecified atom stereocenters. The van der Waals surface area contributed by atoms with Crippen LogP contribution < -0.4 is 5.73 Å². The molecule has 58 valence electrons. The van der Waals surface area contributed by atoms with Gasteiger partial charge >= 0.3 is 0 Å². The van der Waals surface area contributed by atoms with Crippen LogP contribution in [0.1, 0.15) is 6.42 Å². The summed E-state index contributed by atoms with van der Waals surface area (Å²) in [7, 11) is -0.868. The van der Waals surface area contributed by atoms with Gasteiger partial charge in [0, 0.05) is 6.66 Å². The van der Waals surface area contributed by atoms with Crippen LogP contribution in [0.15, 0.2) is 0 Å². The molecule has 0 saturated heterocycles. The van der Waals surface area contributed by atoms with Gasteiger partial charge in [-0.3, -0.25) is 0 Å². The van der Waals surface area contributed by atoms with Gasteiger partial charge in [-0.25, -0.2) is 0 Å². The minimum Gasteiger partial charge on any atom is -0.333 e. The topological polar surface area (TPSA) is 68.3 Å². The summed E-state index contributed by atoms with van der Waals surface area (Å²) in [4.78, 5) is 0. The summed E-state index contributed by atoms with van der Waals surface area (Å²) >= 11 is 0. The highest BCUT2D eigenvalue weighted by atomic mass is 31.2. The van der Waals surface area contributed by atoms with Crippen LogP contribution in [-0.2, 0) is 9.05 Å². The van der Waals surface area contributed by atoms with Crippen LogP contribution in [0.3, 0.4) is 0 Å². The molecule has 0 aromatic heterocycles. The van der Waals surface area contributed by atoms with E-state index in [1.54, 1.807) is 6.66 Å². The quantitative estimate of drug-likeness (QED) is 0.368. The fourth-order valence-corrected chi connectivity index (χ4v) is 0.995. The van der Waals surface area contributed by atoms with E-state index in [4.69, 9.17) is 20.0 Å². The number of nitrogens with zero attached hydrogens (tertiary/aromatic N) is 1. The van der Waals surface area contributed by atoms with Gasteiger partial charge in [-0.1, -0.05) is 0 Å². The first-order chi connectivity index (χ1) is 4.81. The van der Waals surface area contributed by atoms with Crippen molar-refractivity contribution < 1.29 is 9.05 Å². The van der Waals surface area contributed by atoms with E-state index in [2.05, 4.69) is 0 Å². The molecule has 0 heterocycles. The van der Waals surface area contributed by atoms with Gasteiger partial charge < -0.3 is 14.8 Å². The molecule has 1 atom stereocenters. The summed E-state index contributed by atoms with van der Waals surface area (Å²) in [6, 6.07) is 1.96. The van der Waals surface area contributed by atoms with Crippen LogP contribution >= 0.6 is 8.38 Å². The summed E-state index contributed by atoms with van der Waals surface area (Å²) in [5.74, 6) is 0. The summed E-state index contributed by atoms with van der Waals surface area (Å²) in [6.07, 6.45) is 0.403. The smallest absolute Gasteiger partial charge is 0.168 e. The lowest BCUT2D eigenvalue weighted by atomic mass is 10.5. The van der Waals surface area contributed by atoms with E-state index in [1.807, 2.05) is 6.07 Å². The van der Waals surface area contributed by atoms with E-state index in [1.165, 1.54) is 0 Å². The molecule has 0 fully saturated rings. The number of rotatable bonds is 5. The Morgan fingerprint density at radius 2 is 2.30 bits per heavy atom. The van der Waals surface area contributed by atoms with E-state index in [-0.39, 0.29) is 6.73 Å². The number of nitrogens with two attached hydrogens (primary N) is 1. The molecule has 4 nitrogen and oxygen atoms in total. The molecule has 0 rings (SSSR count). The minimum atomic E-state index is -0.868. The van der Waals surface area contributed by atoms with Gasteiger partial charge in [0.1, 0.15) is 6.73 Å². The van der Waals surface area contributed by atoms with Crippen LogP contribution in [0.4, 0.5) is 0 Å². The number of hydrogen-bond acceptors (Lipinski definition) is 4. The van der Waals surface area contributed by atoms with Crippen LogP contribution in [-0.4, -0.2) is 20.0 Å². The van der Waals surface area contributed by atoms with Crippen molar-refractivity contribution in [1.29, 1.82) is 5.26 Å². The second-order valence-corrected chi connectivity index (χ2v) is 2.87. The van der Waals surface area contributed by atoms with E-state index in [0.29, 0.717) is 13.0 Å². The molecular formula is C5H11N2O2P.